The predicted molar refractivity (Wildman–Crippen MR) is 74.2 cm³/mol. The molecule has 0 radical (unpaired) electrons. The van der Waals surface area contributed by atoms with E-state index in [1.807, 2.05) is 38.1 Å². The largest absolute Gasteiger partial charge is 0.368 e. The molecule has 0 unspecified atom stereocenters. The van der Waals surface area contributed by atoms with Gasteiger partial charge in [-0.25, -0.2) is 9.97 Å². The molecule has 0 atom stereocenters. The van der Waals surface area contributed by atoms with Gasteiger partial charge in [-0.05, 0) is 32.0 Å². The molecule has 0 saturated carbocycles. The van der Waals surface area contributed by atoms with E-state index in [4.69, 9.17) is 5.73 Å². The minimum absolute atomic E-state index is 0.256. The third kappa shape index (κ3) is 2.89. The van der Waals surface area contributed by atoms with Crippen LogP contribution in [0, 0.1) is 13.8 Å². The van der Waals surface area contributed by atoms with Gasteiger partial charge in [0.1, 0.15) is 5.69 Å². The highest BCUT2D eigenvalue weighted by Crippen LogP contribution is 2.25. The normalized spacial score (nSPS) is 11.1. The summed E-state index contributed by atoms with van der Waals surface area (Å²) in [5.41, 5.74) is 8.42. The van der Waals surface area contributed by atoms with Crippen LogP contribution < -0.4 is 5.73 Å². The van der Waals surface area contributed by atoms with Crippen LogP contribution in [0.25, 0.3) is 0 Å². The number of aromatic nitrogens is 2. The zero-order valence-corrected chi connectivity index (χ0v) is 11.6. The van der Waals surface area contributed by atoms with Gasteiger partial charge in [0.15, 0.2) is 0 Å². The first-order chi connectivity index (χ1) is 8.56. The molecule has 0 saturated heterocycles. The highest BCUT2D eigenvalue weighted by atomic mass is 79.9. The number of rotatable bonds is 2. The first kappa shape index (κ1) is 12.6. The molecule has 0 bridgehead atoms. The summed E-state index contributed by atoms with van der Waals surface area (Å²) >= 11 is 3.38. The van der Waals surface area contributed by atoms with Crippen LogP contribution in [0.3, 0.4) is 0 Å². The first-order valence-corrected chi connectivity index (χ1v) is 6.13. The lowest BCUT2D eigenvalue weighted by atomic mass is 10.3. The fraction of sp³-hybridized carbons (Fsp3) is 0.167. The maximum atomic E-state index is 5.55. The molecular weight excluding hydrogens is 294 g/mol. The van der Waals surface area contributed by atoms with Crippen molar-refractivity contribution >= 4 is 33.3 Å². The van der Waals surface area contributed by atoms with Gasteiger partial charge in [0.2, 0.25) is 5.95 Å². The number of aryl methyl sites for hydroxylation is 2. The lowest BCUT2D eigenvalue weighted by Crippen LogP contribution is -1.98. The van der Waals surface area contributed by atoms with Crippen LogP contribution in [0.2, 0.25) is 0 Å². The van der Waals surface area contributed by atoms with Gasteiger partial charge in [0.05, 0.1) is 17.1 Å². The Morgan fingerprint density at radius 1 is 1.11 bits per heavy atom. The molecule has 2 aromatic rings. The van der Waals surface area contributed by atoms with E-state index in [1.165, 1.54) is 0 Å². The topological polar surface area (TPSA) is 76.5 Å². The zero-order valence-electron chi connectivity index (χ0n) is 10.1. The van der Waals surface area contributed by atoms with E-state index in [2.05, 4.69) is 36.1 Å². The second kappa shape index (κ2) is 5.22. The molecule has 0 spiro atoms. The van der Waals surface area contributed by atoms with E-state index in [0.29, 0.717) is 5.69 Å². The molecule has 0 amide bonds. The second-order valence-corrected chi connectivity index (χ2v) is 4.70. The van der Waals surface area contributed by atoms with Crippen LogP contribution in [0.1, 0.15) is 11.4 Å². The summed E-state index contributed by atoms with van der Waals surface area (Å²) in [4.78, 5) is 8.14. The molecule has 0 fully saturated rings. The number of benzene rings is 1. The zero-order chi connectivity index (χ0) is 13.1. The number of halogens is 1. The Balaban J connectivity index is 2.35. The minimum Gasteiger partial charge on any atom is -0.368 e. The summed E-state index contributed by atoms with van der Waals surface area (Å²) in [5.74, 6) is 0.256. The average molecular weight is 306 g/mol. The van der Waals surface area contributed by atoms with Crippen molar-refractivity contribution in [2.24, 2.45) is 10.2 Å². The highest BCUT2D eigenvalue weighted by molar-refractivity contribution is 9.10. The molecule has 1 aromatic carbocycles. The van der Waals surface area contributed by atoms with Crippen molar-refractivity contribution in [2.75, 3.05) is 5.73 Å². The Hall–Kier alpha value is -1.82. The summed E-state index contributed by atoms with van der Waals surface area (Å²) in [6, 6.07) is 7.59. The van der Waals surface area contributed by atoms with Gasteiger partial charge in [0, 0.05) is 4.47 Å². The number of nitrogens with two attached hydrogens (primary N) is 1. The number of hydrogen-bond acceptors (Lipinski definition) is 5. The first-order valence-electron chi connectivity index (χ1n) is 5.34. The van der Waals surface area contributed by atoms with Crippen LogP contribution in [-0.2, 0) is 0 Å². The SMILES string of the molecule is Cc1nc(N)nc(C)c1N=Nc1cccc(Br)c1. The van der Waals surface area contributed by atoms with Crippen molar-refractivity contribution in [1.29, 1.82) is 0 Å². The van der Waals surface area contributed by atoms with Crippen molar-refractivity contribution in [2.45, 2.75) is 13.8 Å². The summed E-state index contributed by atoms with van der Waals surface area (Å²) in [7, 11) is 0. The Bertz CT molecular complexity index is 586. The van der Waals surface area contributed by atoms with E-state index >= 15 is 0 Å². The summed E-state index contributed by atoms with van der Waals surface area (Å²) < 4.78 is 0.959. The monoisotopic (exact) mass is 305 g/mol. The lowest BCUT2D eigenvalue weighted by molar-refractivity contribution is 1.04. The molecule has 2 rings (SSSR count). The van der Waals surface area contributed by atoms with E-state index in [1.54, 1.807) is 0 Å². The van der Waals surface area contributed by atoms with Crippen LogP contribution in [0.4, 0.5) is 17.3 Å². The average Bonchev–Trinajstić information content (AvgIpc) is 2.27. The Morgan fingerprint density at radius 3 is 2.39 bits per heavy atom. The summed E-state index contributed by atoms with van der Waals surface area (Å²) in [6.45, 7) is 3.67. The molecule has 1 heterocycles. The van der Waals surface area contributed by atoms with E-state index < -0.39 is 0 Å². The molecule has 5 nitrogen and oxygen atoms in total. The maximum absolute atomic E-state index is 5.55. The third-order valence-electron chi connectivity index (χ3n) is 2.32. The van der Waals surface area contributed by atoms with E-state index in [0.717, 1.165) is 21.5 Å². The fourth-order valence-corrected chi connectivity index (χ4v) is 1.91. The fourth-order valence-electron chi connectivity index (χ4n) is 1.53. The highest BCUT2D eigenvalue weighted by Gasteiger charge is 2.05. The number of hydrogen-bond donors (Lipinski definition) is 1. The summed E-state index contributed by atoms with van der Waals surface area (Å²) in [5, 5.41) is 8.34. The Morgan fingerprint density at radius 2 is 1.78 bits per heavy atom. The number of azo groups is 1. The molecule has 0 aliphatic heterocycles. The van der Waals surface area contributed by atoms with Gasteiger partial charge in [-0.2, -0.15) is 5.11 Å². The predicted octanol–water partition coefficient (Wildman–Crippen LogP) is 3.85. The number of nitrogens with zero attached hydrogens (tertiary/aromatic N) is 4. The van der Waals surface area contributed by atoms with Crippen molar-refractivity contribution < 1.29 is 0 Å². The Labute approximate surface area is 113 Å². The van der Waals surface area contributed by atoms with Crippen molar-refractivity contribution in [3.63, 3.8) is 0 Å². The van der Waals surface area contributed by atoms with Crippen LogP contribution in [0.5, 0.6) is 0 Å². The molecule has 18 heavy (non-hydrogen) atoms. The molecule has 2 N–H and O–H groups in total. The van der Waals surface area contributed by atoms with Gasteiger partial charge < -0.3 is 5.73 Å². The van der Waals surface area contributed by atoms with Crippen molar-refractivity contribution in [3.05, 3.63) is 40.1 Å². The minimum atomic E-state index is 0.256. The van der Waals surface area contributed by atoms with E-state index in [-0.39, 0.29) is 5.95 Å². The number of nitrogen functional groups attached to an aromatic ring is 1. The van der Waals surface area contributed by atoms with Gasteiger partial charge in [-0.1, -0.05) is 22.0 Å². The van der Waals surface area contributed by atoms with Crippen LogP contribution in [0.15, 0.2) is 39.0 Å². The molecule has 0 aliphatic rings. The second-order valence-electron chi connectivity index (χ2n) is 3.78. The maximum Gasteiger partial charge on any atom is 0.220 e. The molecule has 6 heteroatoms. The summed E-state index contributed by atoms with van der Waals surface area (Å²) in [6.07, 6.45) is 0. The lowest BCUT2D eigenvalue weighted by Gasteiger charge is -2.03. The van der Waals surface area contributed by atoms with Crippen molar-refractivity contribution in [1.82, 2.24) is 9.97 Å². The smallest absolute Gasteiger partial charge is 0.220 e. The molecular formula is C12H12BrN5. The van der Waals surface area contributed by atoms with Crippen LogP contribution in [-0.4, -0.2) is 9.97 Å². The third-order valence-corrected chi connectivity index (χ3v) is 2.82. The standard InChI is InChI=1S/C12H12BrN5/c1-7-11(8(2)16-12(14)15-7)18-17-10-5-3-4-9(13)6-10/h3-6H,1-2H3,(H2,14,15,16). The Kier molecular flexibility index (Phi) is 3.66. The van der Waals surface area contributed by atoms with Crippen molar-refractivity contribution in [3.8, 4) is 0 Å². The molecule has 92 valence electrons. The molecule has 0 aliphatic carbocycles. The van der Waals surface area contributed by atoms with Crippen LogP contribution >= 0.6 is 15.9 Å². The number of anilines is 1. The molecule has 1 aromatic heterocycles. The van der Waals surface area contributed by atoms with Gasteiger partial charge in [-0.15, -0.1) is 5.11 Å². The van der Waals surface area contributed by atoms with Gasteiger partial charge >= 0.3 is 0 Å². The van der Waals surface area contributed by atoms with Gasteiger partial charge in [-0.3, -0.25) is 0 Å². The quantitative estimate of drug-likeness (QED) is 0.856. The van der Waals surface area contributed by atoms with E-state index in [9.17, 15) is 0 Å². The van der Waals surface area contributed by atoms with Gasteiger partial charge in [0.25, 0.3) is 0 Å².